The number of nitriles is 1. The first kappa shape index (κ1) is 26.2. The first-order valence-electron chi connectivity index (χ1n) is 10.7. The highest BCUT2D eigenvalue weighted by molar-refractivity contribution is 5.98. The number of hydrogen-bond donors (Lipinski definition) is 2. The van der Waals surface area contributed by atoms with E-state index in [0.717, 1.165) is 10.5 Å². The number of rotatable bonds is 8. The van der Waals surface area contributed by atoms with Gasteiger partial charge in [-0.2, -0.15) is 5.26 Å². The Morgan fingerprint density at radius 2 is 1.68 bits per heavy atom. The number of aryl methyl sites for hydroxylation is 1. The summed E-state index contributed by atoms with van der Waals surface area (Å²) in [6, 6.07) is 14.7. The van der Waals surface area contributed by atoms with Gasteiger partial charge in [-0.3, -0.25) is 9.59 Å². The van der Waals surface area contributed by atoms with Gasteiger partial charge in [-0.25, -0.2) is 4.79 Å². The van der Waals surface area contributed by atoms with Crippen molar-refractivity contribution >= 4 is 23.6 Å². The van der Waals surface area contributed by atoms with E-state index in [1.54, 1.807) is 57.2 Å². The molecule has 0 heterocycles. The Hall–Kier alpha value is -4.06. The maximum atomic E-state index is 13.3. The number of carbonyl (C=O) groups is 3. The molecule has 180 valence electrons. The third-order valence-corrected chi connectivity index (χ3v) is 4.65. The molecule has 34 heavy (non-hydrogen) atoms. The van der Waals surface area contributed by atoms with Crippen molar-refractivity contribution < 1.29 is 23.9 Å². The molecule has 2 rings (SSSR count). The number of benzene rings is 2. The third kappa shape index (κ3) is 7.81. The van der Waals surface area contributed by atoms with Gasteiger partial charge in [0, 0.05) is 5.69 Å². The number of methoxy groups -OCH3 is 1. The topological polar surface area (TPSA) is 121 Å². The van der Waals surface area contributed by atoms with Crippen molar-refractivity contribution in [1.29, 1.82) is 5.26 Å². The lowest BCUT2D eigenvalue weighted by Crippen LogP contribution is -2.46. The fraction of sp³-hybridized carbons (Fsp3) is 0.360. The molecule has 0 aliphatic heterocycles. The summed E-state index contributed by atoms with van der Waals surface area (Å²) in [7, 11) is 1.54. The van der Waals surface area contributed by atoms with E-state index >= 15 is 0 Å². The van der Waals surface area contributed by atoms with Crippen LogP contribution in [0.5, 0.6) is 5.75 Å². The van der Waals surface area contributed by atoms with Gasteiger partial charge in [-0.15, -0.1) is 0 Å². The summed E-state index contributed by atoms with van der Waals surface area (Å²) in [5.74, 6) is -0.486. The molecule has 1 atom stereocenters. The predicted molar refractivity (Wildman–Crippen MR) is 127 cm³/mol. The molecule has 9 heteroatoms. The summed E-state index contributed by atoms with van der Waals surface area (Å²) >= 11 is 0. The minimum atomic E-state index is -1.10. The van der Waals surface area contributed by atoms with Crippen LogP contribution in [0.15, 0.2) is 48.5 Å². The van der Waals surface area contributed by atoms with E-state index in [0.29, 0.717) is 17.0 Å². The average molecular weight is 467 g/mol. The van der Waals surface area contributed by atoms with Crippen molar-refractivity contribution in [3.63, 3.8) is 0 Å². The lowest BCUT2D eigenvalue weighted by Gasteiger charge is -2.30. The SMILES string of the molecule is COc1ccc(NC(=O)C(c2ccc(C)cc2)N(CC#N)C(=O)CNC(=O)OC(C)(C)C)cc1. The van der Waals surface area contributed by atoms with Gasteiger partial charge in [0.05, 0.1) is 13.2 Å². The summed E-state index contributed by atoms with van der Waals surface area (Å²) in [5.41, 5.74) is 1.27. The van der Waals surface area contributed by atoms with Crippen molar-refractivity contribution in [1.82, 2.24) is 10.2 Å². The van der Waals surface area contributed by atoms with Crippen molar-refractivity contribution in [2.75, 3.05) is 25.5 Å². The molecule has 2 N–H and O–H groups in total. The predicted octanol–water partition coefficient (Wildman–Crippen LogP) is 3.56. The number of anilines is 1. The summed E-state index contributed by atoms with van der Waals surface area (Å²) in [5, 5.41) is 14.6. The molecule has 0 spiro atoms. The highest BCUT2D eigenvalue weighted by Crippen LogP contribution is 2.24. The monoisotopic (exact) mass is 466 g/mol. The molecule has 2 aromatic carbocycles. The maximum absolute atomic E-state index is 13.3. The smallest absolute Gasteiger partial charge is 0.408 e. The normalized spacial score (nSPS) is 11.5. The number of amides is 3. The molecule has 9 nitrogen and oxygen atoms in total. The summed E-state index contributed by atoms with van der Waals surface area (Å²) in [6.45, 7) is 6.21. The van der Waals surface area contributed by atoms with E-state index in [-0.39, 0.29) is 6.54 Å². The Labute approximate surface area is 199 Å². The number of ether oxygens (including phenoxy) is 2. The number of alkyl carbamates (subject to hydrolysis) is 1. The first-order chi connectivity index (χ1) is 16.0. The second kappa shape index (κ2) is 11.7. The van der Waals surface area contributed by atoms with Gasteiger partial charge in [0.15, 0.2) is 0 Å². The molecule has 0 aromatic heterocycles. The second-order valence-corrected chi connectivity index (χ2v) is 8.57. The third-order valence-electron chi connectivity index (χ3n) is 4.65. The molecule has 2 aromatic rings. The van der Waals surface area contributed by atoms with Gasteiger partial charge in [0.1, 0.15) is 30.5 Å². The Morgan fingerprint density at radius 1 is 1.06 bits per heavy atom. The molecule has 0 aliphatic carbocycles. The van der Waals surface area contributed by atoms with Crippen LogP contribution in [0.25, 0.3) is 0 Å². The summed E-state index contributed by atoms with van der Waals surface area (Å²) in [6.07, 6.45) is -0.771. The quantitative estimate of drug-likeness (QED) is 0.574. The second-order valence-electron chi connectivity index (χ2n) is 8.57. The van der Waals surface area contributed by atoms with Crippen LogP contribution in [0.3, 0.4) is 0 Å². The number of nitrogens with one attached hydrogen (secondary N) is 2. The Bertz CT molecular complexity index is 1040. The van der Waals surface area contributed by atoms with Gasteiger partial charge in [0.2, 0.25) is 5.91 Å². The largest absolute Gasteiger partial charge is 0.497 e. The standard InChI is InChI=1S/C25H30N4O5/c1-17-6-8-18(9-7-17)22(23(31)28-19-10-12-20(33-5)13-11-19)29(15-14-26)21(30)16-27-24(32)34-25(2,3)4/h6-13,22H,15-16H2,1-5H3,(H,27,32)(H,28,31). The molecule has 3 amide bonds. The van der Waals surface area contributed by atoms with E-state index in [4.69, 9.17) is 9.47 Å². The molecule has 0 radical (unpaired) electrons. The van der Waals surface area contributed by atoms with Gasteiger partial charge in [-0.05, 0) is 57.5 Å². The fourth-order valence-electron chi connectivity index (χ4n) is 3.07. The van der Waals surface area contributed by atoms with Gasteiger partial charge < -0.3 is 25.0 Å². The zero-order valence-corrected chi connectivity index (χ0v) is 20.0. The van der Waals surface area contributed by atoms with Crippen molar-refractivity contribution in [3.05, 3.63) is 59.7 Å². The van der Waals surface area contributed by atoms with Crippen LogP contribution in [-0.4, -0.2) is 48.6 Å². The van der Waals surface area contributed by atoms with Crippen LogP contribution >= 0.6 is 0 Å². The minimum Gasteiger partial charge on any atom is -0.497 e. The van der Waals surface area contributed by atoms with Crippen molar-refractivity contribution in [2.24, 2.45) is 0 Å². The summed E-state index contributed by atoms with van der Waals surface area (Å²) in [4.78, 5) is 39.5. The number of nitrogens with zero attached hydrogens (tertiary/aromatic N) is 2. The van der Waals surface area contributed by atoms with E-state index in [1.807, 2.05) is 25.1 Å². The highest BCUT2D eigenvalue weighted by atomic mass is 16.6. The van der Waals surface area contributed by atoms with Gasteiger partial charge in [0.25, 0.3) is 5.91 Å². The van der Waals surface area contributed by atoms with E-state index in [2.05, 4.69) is 10.6 Å². The van der Waals surface area contributed by atoms with Crippen LogP contribution in [0.2, 0.25) is 0 Å². The van der Waals surface area contributed by atoms with Crippen LogP contribution in [-0.2, 0) is 14.3 Å². The average Bonchev–Trinajstić information content (AvgIpc) is 2.77. The molecule has 0 bridgehead atoms. The molecule has 0 saturated carbocycles. The highest BCUT2D eigenvalue weighted by Gasteiger charge is 2.32. The fourth-order valence-corrected chi connectivity index (χ4v) is 3.07. The molecular weight excluding hydrogens is 436 g/mol. The van der Waals surface area contributed by atoms with Crippen molar-refractivity contribution in [2.45, 2.75) is 39.3 Å². The van der Waals surface area contributed by atoms with Gasteiger partial charge >= 0.3 is 6.09 Å². The zero-order valence-electron chi connectivity index (χ0n) is 20.0. The lowest BCUT2D eigenvalue weighted by molar-refractivity contribution is -0.137. The number of carbonyl (C=O) groups excluding carboxylic acids is 3. The zero-order chi connectivity index (χ0) is 25.3. The first-order valence-corrected chi connectivity index (χ1v) is 10.7. The summed E-state index contributed by atoms with van der Waals surface area (Å²) < 4.78 is 10.3. The Morgan fingerprint density at radius 3 is 2.21 bits per heavy atom. The minimum absolute atomic E-state index is 0.358. The molecular formula is C25H30N4O5. The maximum Gasteiger partial charge on any atom is 0.408 e. The molecule has 0 aliphatic rings. The van der Waals surface area contributed by atoms with Crippen molar-refractivity contribution in [3.8, 4) is 11.8 Å². The number of hydrogen-bond acceptors (Lipinski definition) is 6. The van der Waals surface area contributed by atoms with Crippen LogP contribution in [0, 0.1) is 18.3 Å². The van der Waals surface area contributed by atoms with Gasteiger partial charge in [-0.1, -0.05) is 29.8 Å². The van der Waals surface area contributed by atoms with E-state index in [9.17, 15) is 19.6 Å². The van der Waals surface area contributed by atoms with Crippen LogP contribution in [0.1, 0.15) is 37.9 Å². The Balaban J connectivity index is 2.30. The molecule has 1 unspecified atom stereocenters. The van der Waals surface area contributed by atoms with E-state index < -0.39 is 36.1 Å². The lowest BCUT2D eigenvalue weighted by atomic mass is 10.0. The van der Waals surface area contributed by atoms with Crippen LogP contribution < -0.4 is 15.4 Å². The van der Waals surface area contributed by atoms with E-state index in [1.165, 1.54) is 7.11 Å². The van der Waals surface area contributed by atoms with Crippen LogP contribution in [0.4, 0.5) is 10.5 Å². The Kier molecular flexibility index (Phi) is 9.01. The molecule has 0 saturated heterocycles. The molecule has 0 fully saturated rings.